The van der Waals surface area contributed by atoms with Gasteiger partial charge in [-0.05, 0) is 24.8 Å². The zero-order chi connectivity index (χ0) is 32.1. The van der Waals surface area contributed by atoms with Gasteiger partial charge in [0.15, 0.2) is 5.78 Å². The minimum atomic E-state index is -1.39. The molecule has 1 saturated heterocycles. The van der Waals surface area contributed by atoms with Gasteiger partial charge in [-0.25, -0.2) is 0 Å². The van der Waals surface area contributed by atoms with Crippen molar-refractivity contribution in [2.75, 3.05) is 26.4 Å². The standard InChI is InChI=1S/C32H45N3O9/c1-4-43-26(37)17-33-30(40)27(38)25(20-42-18-22-13-9-6-10-14-22)35-29(39)24(15-21-11-7-5-8-12-21)34-31(41)28-32(2,3)16-23(36)19-44-28/h6,9-10,13-14,21,24-25,28H,4-5,7-8,11-12,15-20H2,1-3H3,(H,33,40)(H,34,41)(H,35,39)/t24-,25?,28?/m1/s1. The summed E-state index contributed by atoms with van der Waals surface area (Å²) < 4.78 is 16.1. The minimum absolute atomic E-state index is 0.103. The number of carbonyl (C=O) groups is 6. The molecule has 2 unspecified atom stereocenters. The number of benzene rings is 1. The van der Waals surface area contributed by atoms with Crippen LogP contribution in [0.1, 0.15) is 71.3 Å². The summed E-state index contributed by atoms with van der Waals surface area (Å²) in [6.07, 6.45) is 4.50. The molecule has 242 valence electrons. The SMILES string of the molecule is CCOC(=O)CNC(=O)C(=O)C(COCc1ccccc1)NC(=O)[C@@H](CC1CCCCC1)NC(=O)C1OCC(=O)CC1(C)C. The summed E-state index contributed by atoms with van der Waals surface area (Å²) in [4.78, 5) is 76.7. The number of esters is 1. The van der Waals surface area contributed by atoms with Crippen molar-refractivity contribution in [1.29, 1.82) is 0 Å². The van der Waals surface area contributed by atoms with E-state index in [2.05, 4.69) is 16.0 Å². The number of ketones is 2. The first-order chi connectivity index (χ1) is 21.0. The van der Waals surface area contributed by atoms with Crippen molar-refractivity contribution >= 4 is 35.3 Å². The molecule has 0 aromatic heterocycles. The summed E-state index contributed by atoms with van der Waals surface area (Å²) in [6.45, 7) is 4.36. The molecule has 0 bridgehead atoms. The maximum atomic E-state index is 13.7. The average molecular weight is 616 g/mol. The summed E-state index contributed by atoms with van der Waals surface area (Å²) >= 11 is 0. The van der Waals surface area contributed by atoms with Gasteiger partial charge in [-0.1, -0.05) is 76.3 Å². The topological polar surface area (TPSA) is 166 Å². The highest BCUT2D eigenvalue weighted by molar-refractivity contribution is 6.38. The van der Waals surface area contributed by atoms with Gasteiger partial charge in [0.2, 0.25) is 17.6 Å². The van der Waals surface area contributed by atoms with E-state index in [4.69, 9.17) is 14.2 Å². The Kier molecular flexibility index (Phi) is 13.5. The number of ether oxygens (including phenoxy) is 3. The van der Waals surface area contributed by atoms with Crippen LogP contribution in [0, 0.1) is 11.3 Å². The maximum Gasteiger partial charge on any atom is 0.325 e. The molecular formula is C32H45N3O9. The average Bonchev–Trinajstić information content (AvgIpc) is 2.99. The van der Waals surface area contributed by atoms with Crippen LogP contribution in [0.2, 0.25) is 0 Å². The molecule has 2 aliphatic rings. The van der Waals surface area contributed by atoms with Gasteiger partial charge in [0.25, 0.3) is 5.91 Å². The number of hydrogen-bond donors (Lipinski definition) is 3. The Labute approximate surface area is 258 Å². The van der Waals surface area contributed by atoms with Crippen LogP contribution < -0.4 is 16.0 Å². The van der Waals surface area contributed by atoms with Gasteiger partial charge >= 0.3 is 5.97 Å². The molecule has 1 aliphatic carbocycles. The number of carbonyl (C=O) groups excluding carboxylic acids is 6. The van der Waals surface area contributed by atoms with Crippen LogP contribution in [0.4, 0.5) is 0 Å². The molecule has 1 heterocycles. The summed E-state index contributed by atoms with van der Waals surface area (Å²) in [5.41, 5.74) is 0.0549. The summed E-state index contributed by atoms with van der Waals surface area (Å²) in [7, 11) is 0. The largest absolute Gasteiger partial charge is 0.465 e. The van der Waals surface area contributed by atoms with E-state index in [0.717, 1.165) is 37.7 Å². The highest BCUT2D eigenvalue weighted by Gasteiger charge is 2.43. The Balaban J connectivity index is 1.75. The molecule has 1 aliphatic heterocycles. The smallest absolute Gasteiger partial charge is 0.325 e. The number of Topliss-reactive ketones (excluding diaryl/α,β-unsaturated/α-hetero) is 2. The van der Waals surface area contributed by atoms with Crippen molar-refractivity contribution in [2.45, 2.75) is 90.5 Å². The van der Waals surface area contributed by atoms with Crippen LogP contribution in [-0.2, 0) is 49.6 Å². The third-order valence-electron chi connectivity index (χ3n) is 7.89. The highest BCUT2D eigenvalue weighted by atomic mass is 16.5. The van der Waals surface area contributed by atoms with E-state index in [0.29, 0.717) is 6.42 Å². The number of rotatable bonds is 15. The fourth-order valence-electron chi connectivity index (χ4n) is 5.65. The van der Waals surface area contributed by atoms with Gasteiger partial charge in [0.05, 0.1) is 19.8 Å². The molecule has 2 fully saturated rings. The van der Waals surface area contributed by atoms with Crippen LogP contribution >= 0.6 is 0 Å². The molecule has 3 amide bonds. The molecule has 0 spiro atoms. The van der Waals surface area contributed by atoms with Gasteiger partial charge in [-0.3, -0.25) is 28.8 Å². The molecule has 3 atom stereocenters. The third-order valence-corrected chi connectivity index (χ3v) is 7.89. The molecule has 1 aromatic carbocycles. The van der Waals surface area contributed by atoms with Gasteiger partial charge in [-0.2, -0.15) is 0 Å². The molecule has 12 heteroatoms. The quantitative estimate of drug-likeness (QED) is 0.197. The third kappa shape index (κ3) is 10.8. The summed E-state index contributed by atoms with van der Waals surface area (Å²) in [5, 5.41) is 7.66. The van der Waals surface area contributed by atoms with Crippen molar-refractivity contribution in [1.82, 2.24) is 16.0 Å². The lowest BCUT2D eigenvalue weighted by molar-refractivity contribution is -0.157. The van der Waals surface area contributed by atoms with Crippen LogP contribution in [0.25, 0.3) is 0 Å². The van der Waals surface area contributed by atoms with Crippen LogP contribution in [-0.4, -0.2) is 79.8 Å². The van der Waals surface area contributed by atoms with E-state index in [1.165, 1.54) is 0 Å². The lowest BCUT2D eigenvalue weighted by atomic mass is 9.79. The second kappa shape index (κ2) is 17.0. The predicted molar refractivity (Wildman–Crippen MR) is 159 cm³/mol. The Bertz CT molecular complexity index is 1160. The van der Waals surface area contributed by atoms with E-state index in [1.54, 1.807) is 20.8 Å². The van der Waals surface area contributed by atoms with E-state index in [-0.39, 0.29) is 44.5 Å². The van der Waals surface area contributed by atoms with Crippen molar-refractivity contribution in [3.8, 4) is 0 Å². The first-order valence-corrected chi connectivity index (χ1v) is 15.3. The molecule has 44 heavy (non-hydrogen) atoms. The zero-order valence-electron chi connectivity index (χ0n) is 25.9. The van der Waals surface area contributed by atoms with Gasteiger partial charge < -0.3 is 30.2 Å². The molecule has 1 saturated carbocycles. The molecule has 1 aromatic rings. The Morgan fingerprint density at radius 3 is 2.36 bits per heavy atom. The van der Waals surface area contributed by atoms with Crippen molar-refractivity contribution in [2.24, 2.45) is 11.3 Å². The molecule has 3 rings (SSSR count). The maximum absolute atomic E-state index is 13.7. The second-order valence-corrected chi connectivity index (χ2v) is 12.1. The lowest BCUT2D eigenvalue weighted by Gasteiger charge is -2.37. The Morgan fingerprint density at radius 1 is 1.00 bits per heavy atom. The van der Waals surface area contributed by atoms with Crippen LogP contribution in [0.5, 0.6) is 0 Å². The second-order valence-electron chi connectivity index (χ2n) is 12.1. The first-order valence-electron chi connectivity index (χ1n) is 15.3. The normalized spacial score (nSPS) is 19.7. The van der Waals surface area contributed by atoms with Gasteiger partial charge in [0, 0.05) is 11.8 Å². The number of amides is 3. The van der Waals surface area contributed by atoms with Crippen molar-refractivity contribution in [3.05, 3.63) is 35.9 Å². The molecule has 3 N–H and O–H groups in total. The van der Waals surface area contributed by atoms with Crippen molar-refractivity contribution in [3.63, 3.8) is 0 Å². The predicted octanol–water partition coefficient (Wildman–Crippen LogP) is 1.78. The van der Waals surface area contributed by atoms with Crippen LogP contribution in [0.3, 0.4) is 0 Å². The Morgan fingerprint density at radius 2 is 1.70 bits per heavy atom. The molecule has 0 radical (unpaired) electrons. The van der Waals surface area contributed by atoms with E-state index >= 15 is 0 Å². The lowest BCUT2D eigenvalue weighted by Crippen LogP contribution is -2.58. The van der Waals surface area contributed by atoms with Gasteiger partial charge in [-0.15, -0.1) is 0 Å². The minimum Gasteiger partial charge on any atom is -0.465 e. The van der Waals surface area contributed by atoms with Gasteiger partial charge in [0.1, 0.15) is 31.3 Å². The number of hydrogen-bond acceptors (Lipinski definition) is 9. The Hall–Kier alpha value is -3.64. The monoisotopic (exact) mass is 615 g/mol. The summed E-state index contributed by atoms with van der Waals surface area (Å²) in [5.74, 6) is -3.89. The molecular weight excluding hydrogens is 570 g/mol. The fraction of sp³-hybridized carbons (Fsp3) is 0.625. The highest BCUT2D eigenvalue weighted by Crippen LogP contribution is 2.32. The molecule has 12 nitrogen and oxygen atoms in total. The fourth-order valence-corrected chi connectivity index (χ4v) is 5.65. The number of nitrogens with one attached hydrogen (secondary N) is 3. The summed E-state index contributed by atoms with van der Waals surface area (Å²) in [6, 6.07) is 6.77. The zero-order valence-corrected chi connectivity index (χ0v) is 25.9. The van der Waals surface area contributed by atoms with E-state index in [9.17, 15) is 28.8 Å². The van der Waals surface area contributed by atoms with Crippen molar-refractivity contribution < 1.29 is 43.0 Å². The first kappa shape index (κ1) is 34.8. The van der Waals surface area contributed by atoms with Crippen LogP contribution in [0.15, 0.2) is 30.3 Å². The van der Waals surface area contributed by atoms with E-state index < -0.39 is 59.6 Å². The van der Waals surface area contributed by atoms with E-state index in [1.807, 2.05) is 30.3 Å².